The highest BCUT2D eigenvalue weighted by Gasteiger charge is 2.08. The summed E-state index contributed by atoms with van der Waals surface area (Å²) in [5.74, 6) is -0.649. The van der Waals surface area contributed by atoms with Gasteiger partial charge >= 0.3 is 6.01 Å². The van der Waals surface area contributed by atoms with Crippen molar-refractivity contribution in [2.45, 2.75) is 0 Å². The number of aromatic nitrogens is 2. The molecule has 1 heterocycles. The summed E-state index contributed by atoms with van der Waals surface area (Å²) in [5, 5.41) is 12.6. The number of hydrogen-bond acceptors (Lipinski definition) is 5. The van der Waals surface area contributed by atoms with E-state index in [0.29, 0.717) is 5.56 Å². The van der Waals surface area contributed by atoms with E-state index in [-0.39, 0.29) is 17.6 Å². The summed E-state index contributed by atoms with van der Waals surface area (Å²) in [4.78, 5) is 3.69. The Morgan fingerprint density at radius 1 is 1.36 bits per heavy atom. The first-order valence-electron chi connectivity index (χ1n) is 3.74. The number of hydrogen-bond donors (Lipinski definition) is 2. The molecule has 14 heavy (non-hydrogen) atoms. The summed E-state index contributed by atoms with van der Waals surface area (Å²) in [6.45, 7) is 0. The molecule has 72 valence electrons. The van der Waals surface area contributed by atoms with Crippen molar-refractivity contribution in [1.29, 1.82) is 0 Å². The van der Waals surface area contributed by atoms with Gasteiger partial charge in [-0.2, -0.15) is 4.98 Å². The lowest BCUT2D eigenvalue weighted by molar-refractivity contribution is 0.436. The third-order valence-corrected chi connectivity index (χ3v) is 1.58. The van der Waals surface area contributed by atoms with Crippen molar-refractivity contribution in [3.05, 3.63) is 24.0 Å². The second-order valence-corrected chi connectivity index (χ2v) is 2.65. The van der Waals surface area contributed by atoms with Crippen molar-refractivity contribution in [3.8, 4) is 17.1 Å². The smallest absolute Gasteiger partial charge is 0.319 e. The fraction of sp³-hybridized carbons (Fsp3) is 0. The van der Waals surface area contributed by atoms with Crippen LogP contribution in [-0.2, 0) is 0 Å². The monoisotopic (exact) mass is 195 g/mol. The molecule has 0 saturated carbocycles. The number of nitrogen functional groups attached to an aromatic ring is 1. The van der Waals surface area contributed by atoms with Gasteiger partial charge in [-0.25, -0.2) is 4.39 Å². The van der Waals surface area contributed by atoms with E-state index in [9.17, 15) is 4.39 Å². The van der Waals surface area contributed by atoms with Gasteiger partial charge in [0.1, 0.15) is 11.6 Å². The van der Waals surface area contributed by atoms with Crippen LogP contribution in [-0.4, -0.2) is 15.2 Å². The van der Waals surface area contributed by atoms with E-state index in [2.05, 4.69) is 14.7 Å². The number of anilines is 1. The van der Waals surface area contributed by atoms with E-state index in [4.69, 9.17) is 10.8 Å². The van der Waals surface area contributed by atoms with Crippen LogP contribution in [0.3, 0.4) is 0 Å². The van der Waals surface area contributed by atoms with Gasteiger partial charge < -0.3 is 15.4 Å². The SMILES string of the molecule is Nc1nc(-c2cc(O)cc(F)c2)no1. The third kappa shape index (κ3) is 1.49. The maximum absolute atomic E-state index is 12.8. The first-order chi connectivity index (χ1) is 6.65. The maximum atomic E-state index is 12.8. The molecule has 0 aliphatic heterocycles. The number of phenolic OH excluding ortho intramolecular Hbond substituents is 1. The van der Waals surface area contributed by atoms with Gasteiger partial charge in [0.25, 0.3) is 0 Å². The molecule has 0 aliphatic rings. The first kappa shape index (κ1) is 8.49. The quantitative estimate of drug-likeness (QED) is 0.713. The fourth-order valence-electron chi connectivity index (χ4n) is 1.06. The van der Waals surface area contributed by atoms with E-state index < -0.39 is 5.82 Å². The van der Waals surface area contributed by atoms with Crippen molar-refractivity contribution in [1.82, 2.24) is 10.1 Å². The summed E-state index contributed by atoms with van der Waals surface area (Å²) in [5.41, 5.74) is 5.50. The van der Waals surface area contributed by atoms with Gasteiger partial charge in [0.2, 0.25) is 5.82 Å². The van der Waals surface area contributed by atoms with Gasteiger partial charge in [-0.15, -0.1) is 0 Å². The van der Waals surface area contributed by atoms with Gasteiger partial charge in [-0.1, -0.05) is 5.16 Å². The van der Waals surface area contributed by atoms with E-state index in [0.717, 1.165) is 6.07 Å². The second kappa shape index (κ2) is 2.99. The molecule has 6 heteroatoms. The Hall–Kier alpha value is -2.11. The molecule has 0 radical (unpaired) electrons. The Kier molecular flexibility index (Phi) is 1.81. The highest BCUT2D eigenvalue weighted by Crippen LogP contribution is 2.22. The number of nitrogens with zero attached hydrogens (tertiary/aromatic N) is 2. The predicted molar refractivity (Wildman–Crippen MR) is 45.8 cm³/mol. The highest BCUT2D eigenvalue weighted by molar-refractivity contribution is 5.57. The standard InChI is InChI=1S/C8H6FN3O2/c9-5-1-4(2-6(13)3-5)7-11-8(10)14-12-7/h1-3,13H,(H2,10,11,12). The molecule has 0 aliphatic carbocycles. The second-order valence-electron chi connectivity index (χ2n) is 2.65. The van der Waals surface area contributed by atoms with Crippen LogP contribution in [0.5, 0.6) is 5.75 Å². The number of nitrogens with two attached hydrogens (primary N) is 1. The zero-order chi connectivity index (χ0) is 10.1. The summed E-state index contributed by atoms with van der Waals surface area (Å²) in [6.07, 6.45) is 0. The number of aromatic hydroxyl groups is 1. The minimum Gasteiger partial charge on any atom is -0.508 e. The maximum Gasteiger partial charge on any atom is 0.319 e. The molecule has 2 rings (SSSR count). The van der Waals surface area contributed by atoms with Gasteiger partial charge in [0.05, 0.1) is 0 Å². The zero-order valence-corrected chi connectivity index (χ0v) is 6.94. The van der Waals surface area contributed by atoms with E-state index >= 15 is 0 Å². The Bertz CT molecular complexity index is 449. The van der Waals surface area contributed by atoms with Crippen molar-refractivity contribution in [2.24, 2.45) is 0 Å². The lowest BCUT2D eigenvalue weighted by Gasteiger charge is -1.96. The molecule has 0 bridgehead atoms. The van der Waals surface area contributed by atoms with Crippen LogP contribution in [0, 0.1) is 5.82 Å². The first-order valence-corrected chi connectivity index (χ1v) is 3.74. The molecule has 0 atom stereocenters. The van der Waals surface area contributed by atoms with Crippen molar-refractivity contribution < 1.29 is 14.0 Å². The van der Waals surface area contributed by atoms with Crippen LogP contribution in [0.4, 0.5) is 10.4 Å². The van der Waals surface area contributed by atoms with Crippen molar-refractivity contribution >= 4 is 6.01 Å². The zero-order valence-electron chi connectivity index (χ0n) is 6.94. The van der Waals surface area contributed by atoms with Crippen molar-refractivity contribution in [3.63, 3.8) is 0 Å². The van der Waals surface area contributed by atoms with Gasteiger partial charge in [-0.05, 0) is 12.1 Å². The number of halogens is 1. The minimum absolute atomic E-state index is 0.108. The summed E-state index contributed by atoms with van der Waals surface area (Å²) in [6, 6.07) is 3.35. The van der Waals surface area contributed by atoms with Gasteiger partial charge in [0.15, 0.2) is 0 Å². The molecule has 0 spiro atoms. The van der Waals surface area contributed by atoms with Crippen LogP contribution in [0.15, 0.2) is 22.7 Å². The van der Waals surface area contributed by atoms with Gasteiger partial charge in [-0.3, -0.25) is 0 Å². The summed E-state index contributed by atoms with van der Waals surface area (Å²) in [7, 11) is 0. The lowest BCUT2D eigenvalue weighted by Crippen LogP contribution is -1.85. The molecule has 2 aromatic rings. The fourth-order valence-corrected chi connectivity index (χ4v) is 1.06. The molecule has 0 saturated heterocycles. The minimum atomic E-state index is -0.580. The topological polar surface area (TPSA) is 85.2 Å². The number of rotatable bonds is 1. The Morgan fingerprint density at radius 3 is 2.71 bits per heavy atom. The van der Waals surface area contributed by atoms with Crippen LogP contribution in [0.25, 0.3) is 11.4 Å². The number of phenols is 1. The Labute approximate surface area is 78.0 Å². The summed E-state index contributed by atoms with van der Waals surface area (Å²) < 4.78 is 17.4. The molecule has 0 unspecified atom stereocenters. The average Bonchev–Trinajstić information content (AvgIpc) is 2.50. The third-order valence-electron chi connectivity index (χ3n) is 1.58. The predicted octanol–water partition coefficient (Wildman–Crippen LogP) is 1.16. The van der Waals surface area contributed by atoms with E-state index in [1.807, 2.05) is 0 Å². The summed E-state index contributed by atoms with van der Waals surface area (Å²) >= 11 is 0. The Balaban J connectivity index is 2.51. The van der Waals surface area contributed by atoms with Crippen LogP contribution in [0.1, 0.15) is 0 Å². The highest BCUT2D eigenvalue weighted by atomic mass is 19.1. The molecule has 3 N–H and O–H groups in total. The molecular formula is C8H6FN3O2. The number of benzene rings is 1. The van der Waals surface area contributed by atoms with E-state index in [1.54, 1.807) is 0 Å². The molecule has 1 aromatic heterocycles. The lowest BCUT2D eigenvalue weighted by atomic mass is 10.2. The normalized spacial score (nSPS) is 10.4. The van der Waals surface area contributed by atoms with Crippen LogP contribution in [0.2, 0.25) is 0 Å². The molecule has 1 aromatic carbocycles. The van der Waals surface area contributed by atoms with Crippen molar-refractivity contribution in [2.75, 3.05) is 5.73 Å². The van der Waals surface area contributed by atoms with E-state index in [1.165, 1.54) is 12.1 Å². The Morgan fingerprint density at radius 2 is 2.14 bits per heavy atom. The van der Waals surface area contributed by atoms with Crippen LogP contribution >= 0.6 is 0 Å². The molecule has 5 nitrogen and oxygen atoms in total. The molecule has 0 fully saturated rings. The molecule has 0 amide bonds. The van der Waals surface area contributed by atoms with Gasteiger partial charge in [0, 0.05) is 11.6 Å². The average molecular weight is 195 g/mol. The van der Waals surface area contributed by atoms with Crippen LogP contribution < -0.4 is 5.73 Å². The largest absolute Gasteiger partial charge is 0.508 e. The molecular weight excluding hydrogens is 189 g/mol.